The fourth-order valence-corrected chi connectivity index (χ4v) is 1.99. The van der Waals surface area contributed by atoms with Crippen molar-refractivity contribution in [2.75, 3.05) is 13.7 Å². The van der Waals surface area contributed by atoms with Gasteiger partial charge in [-0.05, 0) is 13.0 Å². The zero-order valence-corrected chi connectivity index (χ0v) is 10.8. The van der Waals surface area contributed by atoms with Crippen LogP contribution < -0.4 is 4.74 Å². The molecule has 1 fully saturated rings. The van der Waals surface area contributed by atoms with Crippen LogP contribution in [0.1, 0.15) is 12.5 Å². The zero-order valence-electron chi connectivity index (χ0n) is 10.8. The largest absolute Gasteiger partial charge is 0.496 e. The first-order valence-electron chi connectivity index (χ1n) is 5.79. The first kappa shape index (κ1) is 13.2. The first-order valence-corrected chi connectivity index (χ1v) is 5.79. The number of benzene rings is 1. The van der Waals surface area contributed by atoms with Crippen LogP contribution >= 0.6 is 0 Å². The lowest BCUT2D eigenvalue weighted by Crippen LogP contribution is -2.39. The normalized spacial score (nSPS) is 22.2. The lowest BCUT2D eigenvalue weighted by atomic mass is 10.1. The van der Waals surface area contributed by atoms with E-state index in [1.807, 2.05) is 18.2 Å². The van der Waals surface area contributed by atoms with Gasteiger partial charge in [0, 0.05) is 5.56 Å². The van der Waals surface area contributed by atoms with E-state index in [1.54, 1.807) is 13.2 Å². The van der Waals surface area contributed by atoms with Gasteiger partial charge in [-0.2, -0.15) is 0 Å². The molecule has 0 bridgehead atoms. The van der Waals surface area contributed by atoms with E-state index in [-0.39, 0.29) is 13.1 Å². The molecule has 2 rings (SSSR count). The molecule has 0 aromatic heterocycles. The number of aliphatic carboxylic acids is 1. The number of hydrogen-bond donors (Lipinski definition) is 1. The SMILES string of the molecule is COc1ccccc1CN1CC(C)(C(=O)O)OC1=O. The van der Waals surface area contributed by atoms with Gasteiger partial charge in [0.2, 0.25) is 5.60 Å². The maximum absolute atomic E-state index is 11.7. The molecule has 1 aliphatic heterocycles. The number of carbonyl (C=O) groups is 2. The van der Waals surface area contributed by atoms with Gasteiger partial charge in [0.25, 0.3) is 0 Å². The number of nitrogens with zero attached hydrogens (tertiary/aromatic N) is 1. The van der Waals surface area contributed by atoms with Gasteiger partial charge in [0.1, 0.15) is 5.75 Å². The van der Waals surface area contributed by atoms with Crippen molar-refractivity contribution in [1.82, 2.24) is 4.90 Å². The standard InChI is InChI=1S/C13H15NO5/c1-13(11(15)16)8-14(12(17)19-13)7-9-5-3-4-6-10(9)18-2/h3-6H,7-8H2,1-2H3,(H,15,16). The maximum atomic E-state index is 11.7. The second-order valence-corrected chi connectivity index (χ2v) is 4.57. The summed E-state index contributed by atoms with van der Waals surface area (Å²) >= 11 is 0. The van der Waals surface area contributed by atoms with Gasteiger partial charge in [-0.15, -0.1) is 0 Å². The Labute approximate surface area is 110 Å². The first-order chi connectivity index (χ1) is 8.96. The summed E-state index contributed by atoms with van der Waals surface area (Å²) in [4.78, 5) is 24.1. The molecule has 6 nitrogen and oxygen atoms in total. The van der Waals surface area contributed by atoms with E-state index < -0.39 is 17.7 Å². The molecule has 19 heavy (non-hydrogen) atoms. The van der Waals surface area contributed by atoms with Crippen LogP contribution in [-0.2, 0) is 16.1 Å². The topological polar surface area (TPSA) is 76.1 Å². The Morgan fingerprint density at radius 2 is 2.21 bits per heavy atom. The summed E-state index contributed by atoms with van der Waals surface area (Å²) in [6.07, 6.45) is -0.629. The minimum Gasteiger partial charge on any atom is -0.496 e. The van der Waals surface area contributed by atoms with Crippen LogP contribution in [0.5, 0.6) is 5.75 Å². The summed E-state index contributed by atoms with van der Waals surface area (Å²) in [5, 5.41) is 9.05. The van der Waals surface area contributed by atoms with Crippen LogP contribution in [-0.4, -0.2) is 41.3 Å². The van der Waals surface area contributed by atoms with E-state index in [9.17, 15) is 9.59 Å². The predicted molar refractivity (Wildman–Crippen MR) is 65.9 cm³/mol. The molecule has 0 aliphatic carbocycles. The van der Waals surface area contributed by atoms with E-state index in [2.05, 4.69) is 0 Å². The average Bonchev–Trinajstić information content (AvgIpc) is 2.66. The third-order valence-electron chi connectivity index (χ3n) is 3.07. The van der Waals surface area contributed by atoms with Crippen molar-refractivity contribution in [3.8, 4) is 5.75 Å². The Morgan fingerprint density at radius 1 is 1.53 bits per heavy atom. The third-order valence-corrected chi connectivity index (χ3v) is 3.07. The van der Waals surface area contributed by atoms with Crippen molar-refractivity contribution in [2.45, 2.75) is 19.1 Å². The number of carbonyl (C=O) groups excluding carboxylic acids is 1. The monoisotopic (exact) mass is 265 g/mol. The molecule has 1 aromatic carbocycles. The smallest absolute Gasteiger partial charge is 0.411 e. The molecule has 102 valence electrons. The number of rotatable bonds is 4. The highest BCUT2D eigenvalue weighted by Crippen LogP contribution is 2.27. The number of carboxylic acids is 1. The van der Waals surface area contributed by atoms with Gasteiger partial charge >= 0.3 is 12.1 Å². The summed E-state index contributed by atoms with van der Waals surface area (Å²) in [7, 11) is 1.54. The van der Waals surface area contributed by atoms with E-state index >= 15 is 0 Å². The van der Waals surface area contributed by atoms with Gasteiger partial charge in [0.05, 0.1) is 20.2 Å². The zero-order chi connectivity index (χ0) is 14.0. The van der Waals surface area contributed by atoms with Gasteiger partial charge in [-0.25, -0.2) is 9.59 Å². The van der Waals surface area contributed by atoms with E-state index in [0.29, 0.717) is 5.75 Å². The number of ether oxygens (including phenoxy) is 2. The second-order valence-electron chi connectivity index (χ2n) is 4.57. The molecule has 1 N–H and O–H groups in total. The molecule has 1 atom stereocenters. The van der Waals surface area contributed by atoms with Crippen molar-refractivity contribution >= 4 is 12.1 Å². The van der Waals surface area contributed by atoms with Crippen LogP contribution in [0.25, 0.3) is 0 Å². The van der Waals surface area contributed by atoms with Gasteiger partial charge in [-0.1, -0.05) is 18.2 Å². The molecule has 1 amide bonds. The summed E-state index contributed by atoms with van der Waals surface area (Å²) in [5.74, 6) is -0.498. The van der Waals surface area contributed by atoms with Crippen molar-refractivity contribution in [2.24, 2.45) is 0 Å². The molecule has 0 spiro atoms. The Bertz CT molecular complexity index is 516. The maximum Gasteiger partial charge on any atom is 0.411 e. The Hall–Kier alpha value is -2.24. The van der Waals surface area contributed by atoms with Crippen LogP contribution in [0, 0.1) is 0 Å². The number of cyclic esters (lactones) is 1. The molecular formula is C13H15NO5. The van der Waals surface area contributed by atoms with Gasteiger partial charge < -0.3 is 14.6 Å². The number of methoxy groups -OCH3 is 1. The number of hydrogen-bond acceptors (Lipinski definition) is 4. The minimum absolute atomic E-state index is 0.0131. The molecule has 1 unspecified atom stereocenters. The van der Waals surface area contributed by atoms with Crippen molar-refractivity contribution in [3.05, 3.63) is 29.8 Å². The fraction of sp³-hybridized carbons (Fsp3) is 0.385. The lowest BCUT2D eigenvalue weighted by molar-refractivity contribution is -0.153. The molecule has 0 saturated carbocycles. The molecule has 6 heteroatoms. The highest BCUT2D eigenvalue weighted by Gasteiger charge is 2.47. The van der Waals surface area contributed by atoms with Crippen LogP contribution in [0.2, 0.25) is 0 Å². The van der Waals surface area contributed by atoms with E-state index in [0.717, 1.165) is 5.56 Å². The minimum atomic E-state index is -1.49. The molecule has 1 aliphatic rings. The summed E-state index contributed by atoms with van der Waals surface area (Å²) in [6, 6.07) is 7.26. The Kier molecular flexibility index (Phi) is 3.33. The van der Waals surface area contributed by atoms with E-state index in [4.69, 9.17) is 14.6 Å². The summed E-state index contributed by atoms with van der Waals surface area (Å²) in [5.41, 5.74) is -0.685. The number of para-hydroxylation sites is 1. The van der Waals surface area contributed by atoms with Gasteiger partial charge in [0.15, 0.2) is 0 Å². The average molecular weight is 265 g/mol. The van der Waals surface area contributed by atoms with Crippen molar-refractivity contribution < 1.29 is 24.2 Å². The quantitative estimate of drug-likeness (QED) is 0.892. The Balaban J connectivity index is 2.16. The molecule has 1 aromatic rings. The van der Waals surface area contributed by atoms with Crippen molar-refractivity contribution in [3.63, 3.8) is 0 Å². The van der Waals surface area contributed by atoms with Crippen LogP contribution in [0.4, 0.5) is 4.79 Å². The molecule has 1 saturated heterocycles. The highest BCUT2D eigenvalue weighted by molar-refractivity contribution is 5.84. The third kappa shape index (κ3) is 2.47. The van der Waals surface area contributed by atoms with Crippen molar-refractivity contribution in [1.29, 1.82) is 0 Å². The second kappa shape index (κ2) is 4.79. The Morgan fingerprint density at radius 3 is 2.79 bits per heavy atom. The van der Waals surface area contributed by atoms with Gasteiger partial charge in [-0.3, -0.25) is 4.90 Å². The molecule has 1 heterocycles. The van der Waals surface area contributed by atoms with Crippen LogP contribution in [0.3, 0.4) is 0 Å². The van der Waals surface area contributed by atoms with E-state index in [1.165, 1.54) is 11.8 Å². The number of amides is 1. The lowest BCUT2D eigenvalue weighted by Gasteiger charge is -2.17. The molecule has 0 radical (unpaired) electrons. The summed E-state index contributed by atoms with van der Waals surface area (Å²) in [6.45, 7) is 1.65. The highest BCUT2D eigenvalue weighted by atomic mass is 16.6. The molecular weight excluding hydrogens is 250 g/mol. The number of carboxylic acid groups (broad SMARTS) is 1. The van der Waals surface area contributed by atoms with Crippen LogP contribution in [0.15, 0.2) is 24.3 Å². The predicted octanol–water partition coefficient (Wildman–Crippen LogP) is 1.49. The fourth-order valence-electron chi connectivity index (χ4n) is 1.99. The summed E-state index contributed by atoms with van der Waals surface area (Å²) < 4.78 is 10.1.